The van der Waals surface area contributed by atoms with Crippen LogP contribution < -0.4 is 10.5 Å². The summed E-state index contributed by atoms with van der Waals surface area (Å²) in [6, 6.07) is 3.60. The van der Waals surface area contributed by atoms with E-state index in [1.54, 1.807) is 0 Å². The molecule has 6 nitrogen and oxygen atoms in total. The predicted molar refractivity (Wildman–Crippen MR) is 64.5 cm³/mol. The van der Waals surface area contributed by atoms with Crippen molar-refractivity contribution in [1.82, 2.24) is 0 Å². The lowest BCUT2D eigenvalue weighted by atomic mass is 10.2. The number of sulfonamides is 1. The van der Waals surface area contributed by atoms with Gasteiger partial charge < -0.3 is 10.9 Å². The molecule has 4 N–H and O–H groups in total. The molecule has 98 valence electrons. The molecule has 1 aromatic carbocycles. The number of nitrogens with one attached hydrogen (secondary N) is 1. The fraction of sp³-hybridized carbons (Fsp3) is 0.300. The minimum Gasteiger partial charge on any atom is -0.409 e. The van der Waals surface area contributed by atoms with Crippen LogP contribution in [-0.2, 0) is 10.0 Å². The van der Waals surface area contributed by atoms with Gasteiger partial charge in [0, 0.05) is 5.56 Å². The van der Waals surface area contributed by atoms with E-state index in [0.29, 0.717) is 12.8 Å². The van der Waals surface area contributed by atoms with Gasteiger partial charge in [-0.25, -0.2) is 12.8 Å². The fourth-order valence-corrected chi connectivity index (χ4v) is 2.83. The molecule has 0 unspecified atom stereocenters. The molecule has 1 aliphatic carbocycles. The lowest BCUT2D eigenvalue weighted by Gasteiger charge is -2.08. The first-order chi connectivity index (χ1) is 8.44. The number of halogens is 1. The van der Waals surface area contributed by atoms with Gasteiger partial charge in [0.05, 0.1) is 10.9 Å². The molecule has 0 radical (unpaired) electrons. The van der Waals surface area contributed by atoms with Gasteiger partial charge in [-0.3, -0.25) is 4.72 Å². The van der Waals surface area contributed by atoms with Gasteiger partial charge in [-0.2, -0.15) is 0 Å². The molecular formula is C10H12FN3O3S. The van der Waals surface area contributed by atoms with Crippen LogP contribution in [0.2, 0.25) is 0 Å². The van der Waals surface area contributed by atoms with Crippen molar-refractivity contribution >= 4 is 21.5 Å². The van der Waals surface area contributed by atoms with Crippen molar-refractivity contribution in [3.8, 4) is 0 Å². The maximum absolute atomic E-state index is 13.6. The van der Waals surface area contributed by atoms with E-state index in [9.17, 15) is 12.8 Å². The maximum atomic E-state index is 13.6. The summed E-state index contributed by atoms with van der Waals surface area (Å²) in [6.07, 6.45) is 1.19. The van der Waals surface area contributed by atoms with Gasteiger partial charge in [0.2, 0.25) is 10.0 Å². The van der Waals surface area contributed by atoms with E-state index in [1.807, 2.05) is 0 Å². The van der Waals surface area contributed by atoms with Crippen molar-refractivity contribution in [2.75, 3.05) is 4.72 Å². The normalized spacial score (nSPS) is 16.6. The number of hydrogen-bond acceptors (Lipinski definition) is 4. The van der Waals surface area contributed by atoms with Crippen LogP contribution in [-0.4, -0.2) is 24.7 Å². The van der Waals surface area contributed by atoms with E-state index < -0.39 is 21.1 Å². The van der Waals surface area contributed by atoms with Crippen LogP contribution in [0.3, 0.4) is 0 Å². The fourth-order valence-electron chi connectivity index (χ4n) is 1.43. The summed E-state index contributed by atoms with van der Waals surface area (Å²) >= 11 is 0. The van der Waals surface area contributed by atoms with Gasteiger partial charge >= 0.3 is 0 Å². The Hall–Kier alpha value is -1.83. The highest BCUT2D eigenvalue weighted by Crippen LogP contribution is 2.30. The number of amidine groups is 1. The molecule has 0 bridgehead atoms. The van der Waals surface area contributed by atoms with E-state index in [2.05, 4.69) is 9.88 Å². The second kappa shape index (κ2) is 4.45. The molecule has 1 aliphatic rings. The molecule has 0 aromatic heterocycles. The highest BCUT2D eigenvalue weighted by Gasteiger charge is 2.36. The summed E-state index contributed by atoms with van der Waals surface area (Å²) < 4.78 is 39.1. The standard InChI is InChI=1S/C10H12FN3O3S/c11-8-5-6(10(12)13-15)1-4-9(8)14-18(16,17)7-2-3-7/h1,4-5,7,14-15H,2-3H2,(H2,12,13). The van der Waals surface area contributed by atoms with Crippen molar-refractivity contribution < 1.29 is 18.0 Å². The predicted octanol–water partition coefficient (Wildman–Crippen LogP) is 0.824. The average Bonchev–Trinajstić information content (AvgIpc) is 3.14. The second-order valence-electron chi connectivity index (χ2n) is 4.03. The third-order valence-corrected chi connectivity index (χ3v) is 4.44. The first kappa shape index (κ1) is 12.6. The molecule has 0 spiro atoms. The Labute approximate surface area is 103 Å². The van der Waals surface area contributed by atoms with E-state index in [0.717, 1.165) is 6.07 Å². The molecule has 1 aromatic rings. The minimum absolute atomic E-state index is 0.142. The molecule has 8 heteroatoms. The molecular weight excluding hydrogens is 261 g/mol. The Bertz CT molecular complexity index is 596. The first-order valence-electron chi connectivity index (χ1n) is 5.23. The van der Waals surface area contributed by atoms with E-state index in [1.165, 1.54) is 12.1 Å². The SMILES string of the molecule is N/C(=N/O)c1ccc(NS(=O)(=O)C2CC2)c(F)c1. The van der Waals surface area contributed by atoms with Crippen molar-refractivity contribution in [2.45, 2.75) is 18.1 Å². The van der Waals surface area contributed by atoms with Gasteiger partial charge in [0.15, 0.2) is 5.84 Å². The third-order valence-electron chi connectivity index (χ3n) is 2.59. The summed E-state index contributed by atoms with van der Waals surface area (Å²) in [4.78, 5) is 0. The average molecular weight is 273 g/mol. The van der Waals surface area contributed by atoms with Crippen molar-refractivity contribution in [3.05, 3.63) is 29.6 Å². The van der Waals surface area contributed by atoms with Crippen LogP contribution in [0.25, 0.3) is 0 Å². The van der Waals surface area contributed by atoms with Gasteiger partial charge in [-0.1, -0.05) is 5.16 Å². The second-order valence-corrected chi connectivity index (χ2v) is 5.99. The Morgan fingerprint density at radius 3 is 2.67 bits per heavy atom. The number of rotatable bonds is 4. The molecule has 1 fully saturated rings. The number of benzene rings is 1. The summed E-state index contributed by atoms with van der Waals surface area (Å²) in [5.74, 6) is -1.02. The van der Waals surface area contributed by atoms with Crippen molar-refractivity contribution in [2.24, 2.45) is 10.9 Å². The molecule has 0 saturated heterocycles. The minimum atomic E-state index is -3.50. The maximum Gasteiger partial charge on any atom is 0.235 e. The van der Waals surface area contributed by atoms with E-state index >= 15 is 0 Å². The Balaban J connectivity index is 2.25. The number of anilines is 1. The number of oxime groups is 1. The quantitative estimate of drug-likeness (QED) is 0.327. The summed E-state index contributed by atoms with van der Waals surface area (Å²) in [5.41, 5.74) is 5.32. The Morgan fingerprint density at radius 2 is 2.17 bits per heavy atom. The Morgan fingerprint density at radius 1 is 1.50 bits per heavy atom. The van der Waals surface area contributed by atoms with Crippen LogP contribution in [0, 0.1) is 5.82 Å². The molecule has 2 rings (SSSR count). The van der Waals surface area contributed by atoms with E-state index in [4.69, 9.17) is 10.9 Å². The molecule has 0 amide bonds. The summed E-state index contributed by atoms with van der Waals surface area (Å²) in [7, 11) is -3.50. The molecule has 1 saturated carbocycles. The largest absolute Gasteiger partial charge is 0.409 e. The zero-order valence-electron chi connectivity index (χ0n) is 9.30. The zero-order chi connectivity index (χ0) is 13.3. The molecule has 0 aliphatic heterocycles. The third kappa shape index (κ3) is 2.53. The zero-order valence-corrected chi connectivity index (χ0v) is 10.1. The lowest BCUT2D eigenvalue weighted by Crippen LogP contribution is -2.19. The van der Waals surface area contributed by atoms with Crippen molar-refractivity contribution in [3.63, 3.8) is 0 Å². The number of hydrogen-bond donors (Lipinski definition) is 3. The number of nitrogens with two attached hydrogens (primary N) is 1. The van der Waals surface area contributed by atoms with Gasteiger partial charge in [-0.05, 0) is 31.0 Å². The molecule has 0 heterocycles. The Kier molecular flexibility index (Phi) is 3.12. The van der Waals surface area contributed by atoms with Crippen molar-refractivity contribution in [1.29, 1.82) is 0 Å². The highest BCUT2D eigenvalue weighted by atomic mass is 32.2. The van der Waals surface area contributed by atoms with Crippen LogP contribution >= 0.6 is 0 Å². The van der Waals surface area contributed by atoms with Crippen LogP contribution in [0.5, 0.6) is 0 Å². The van der Waals surface area contributed by atoms with Gasteiger partial charge in [0.1, 0.15) is 5.82 Å². The monoisotopic (exact) mass is 273 g/mol. The summed E-state index contributed by atoms with van der Waals surface area (Å²) in [5, 5.41) is 10.7. The highest BCUT2D eigenvalue weighted by molar-refractivity contribution is 7.93. The van der Waals surface area contributed by atoms with Gasteiger partial charge in [0.25, 0.3) is 0 Å². The first-order valence-corrected chi connectivity index (χ1v) is 6.78. The van der Waals surface area contributed by atoms with Crippen LogP contribution in [0.4, 0.5) is 10.1 Å². The van der Waals surface area contributed by atoms with E-state index in [-0.39, 0.29) is 17.1 Å². The topological polar surface area (TPSA) is 105 Å². The molecule has 0 atom stereocenters. The number of nitrogens with zero attached hydrogens (tertiary/aromatic N) is 1. The lowest BCUT2D eigenvalue weighted by molar-refractivity contribution is 0.318. The van der Waals surface area contributed by atoms with Crippen LogP contribution in [0.1, 0.15) is 18.4 Å². The molecule has 18 heavy (non-hydrogen) atoms. The van der Waals surface area contributed by atoms with Gasteiger partial charge in [-0.15, -0.1) is 0 Å². The summed E-state index contributed by atoms with van der Waals surface area (Å²) in [6.45, 7) is 0. The van der Waals surface area contributed by atoms with Crippen LogP contribution in [0.15, 0.2) is 23.4 Å². The smallest absolute Gasteiger partial charge is 0.235 e.